The molecule has 0 spiro atoms. The van der Waals surface area contributed by atoms with Crippen molar-refractivity contribution in [2.24, 2.45) is 5.92 Å². The average molecular weight is 457 g/mol. The van der Waals surface area contributed by atoms with Crippen molar-refractivity contribution in [2.45, 2.75) is 54.6 Å². The summed E-state index contributed by atoms with van der Waals surface area (Å²) >= 11 is 5.90. The van der Waals surface area contributed by atoms with Crippen LogP contribution in [-0.2, 0) is 14.6 Å². The highest BCUT2D eigenvalue weighted by Crippen LogP contribution is 2.49. The van der Waals surface area contributed by atoms with Gasteiger partial charge in [0, 0.05) is 17.9 Å². The van der Waals surface area contributed by atoms with E-state index in [9.17, 15) is 22.0 Å². The summed E-state index contributed by atoms with van der Waals surface area (Å²) in [6, 6.07) is 5.77. The number of benzene rings is 1. The molecule has 0 amide bonds. The number of allylic oxidation sites excluding steroid dienone is 5. The highest BCUT2D eigenvalue weighted by Gasteiger charge is 2.49. The van der Waals surface area contributed by atoms with Gasteiger partial charge in [0.25, 0.3) is 0 Å². The number of rotatable bonds is 6. The number of sulfone groups is 1. The van der Waals surface area contributed by atoms with E-state index < -0.39 is 32.2 Å². The fourth-order valence-corrected chi connectivity index (χ4v) is 6.65. The number of carboxylic acids is 1. The molecule has 3 rings (SSSR count). The minimum Gasteiger partial charge on any atom is -0.481 e. The number of hydrogen-bond donors (Lipinski definition) is 1. The van der Waals surface area contributed by atoms with E-state index in [-0.39, 0.29) is 42.1 Å². The molecule has 0 heterocycles. The summed E-state index contributed by atoms with van der Waals surface area (Å²) in [6.45, 7) is 0. The normalized spacial score (nSPS) is 25.0. The van der Waals surface area contributed by atoms with Crippen LogP contribution in [-0.4, -0.2) is 24.2 Å². The molecule has 1 saturated carbocycles. The van der Waals surface area contributed by atoms with Gasteiger partial charge in [0.2, 0.25) is 0 Å². The maximum atomic E-state index is 14.3. The summed E-state index contributed by atoms with van der Waals surface area (Å²) in [5.74, 6) is -2.14. The molecule has 162 valence electrons. The highest BCUT2D eigenvalue weighted by molar-refractivity contribution is 7.93. The van der Waals surface area contributed by atoms with E-state index in [0.717, 1.165) is 18.2 Å². The highest BCUT2D eigenvalue weighted by atomic mass is 35.5. The minimum atomic E-state index is -3.99. The van der Waals surface area contributed by atoms with Crippen LogP contribution in [0.3, 0.4) is 0 Å². The van der Waals surface area contributed by atoms with Crippen LogP contribution < -0.4 is 0 Å². The van der Waals surface area contributed by atoms with Gasteiger partial charge in [-0.05, 0) is 86.1 Å². The van der Waals surface area contributed by atoms with Gasteiger partial charge in [0.15, 0.2) is 9.84 Å². The van der Waals surface area contributed by atoms with Crippen molar-refractivity contribution in [1.29, 1.82) is 0 Å². The monoisotopic (exact) mass is 456 g/mol. The predicted octanol–water partition coefficient (Wildman–Crippen LogP) is 5.94. The number of carboxylic acid groups (broad SMARTS) is 1. The van der Waals surface area contributed by atoms with E-state index in [4.69, 9.17) is 16.7 Å². The van der Waals surface area contributed by atoms with Gasteiger partial charge in [-0.25, -0.2) is 17.2 Å². The van der Waals surface area contributed by atoms with Gasteiger partial charge in [0.05, 0.1) is 9.64 Å². The Morgan fingerprint density at radius 2 is 1.77 bits per heavy atom. The first-order valence-corrected chi connectivity index (χ1v) is 11.6. The molecule has 30 heavy (non-hydrogen) atoms. The number of aliphatic carboxylic acids is 1. The molecule has 0 unspecified atom stereocenters. The van der Waals surface area contributed by atoms with Gasteiger partial charge in [-0.1, -0.05) is 11.6 Å². The molecule has 2 aliphatic carbocycles. The van der Waals surface area contributed by atoms with Gasteiger partial charge in [-0.2, -0.15) is 0 Å². The van der Waals surface area contributed by atoms with Crippen LogP contribution in [0.1, 0.15) is 44.9 Å². The van der Waals surface area contributed by atoms with E-state index in [1.165, 1.54) is 24.3 Å². The van der Waals surface area contributed by atoms with Crippen LogP contribution in [0.4, 0.5) is 8.78 Å². The van der Waals surface area contributed by atoms with Crippen molar-refractivity contribution in [2.75, 3.05) is 0 Å². The van der Waals surface area contributed by atoms with Gasteiger partial charge in [-0.15, -0.1) is 0 Å². The zero-order chi connectivity index (χ0) is 21.9. The Labute approximate surface area is 179 Å². The molecular formula is C22H23ClF2O4S. The molecule has 1 N–H and O–H groups in total. The molecule has 2 aliphatic rings. The van der Waals surface area contributed by atoms with E-state index in [1.54, 1.807) is 0 Å². The van der Waals surface area contributed by atoms with E-state index >= 15 is 0 Å². The maximum absolute atomic E-state index is 14.3. The van der Waals surface area contributed by atoms with Gasteiger partial charge in [0.1, 0.15) is 11.7 Å². The van der Waals surface area contributed by atoms with Crippen LogP contribution in [0.15, 0.2) is 64.6 Å². The molecule has 4 nitrogen and oxygen atoms in total. The van der Waals surface area contributed by atoms with Gasteiger partial charge in [-0.3, -0.25) is 4.79 Å². The van der Waals surface area contributed by atoms with E-state index in [1.807, 2.05) is 0 Å². The van der Waals surface area contributed by atoms with Crippen LogP contribution in [0, 0.1) is 5.92 Å². The summed E-state index contributed by atoms with van der Waals surface area (Å²) in [7, 11) is -3.99. The zero-order valence-corrected chi connectivity index (χ0v) is 17.9. The molecule has 0 aromatic heterocycles. The topological polar surface area (TPSA) is 71.4 Å². The third kappa shape index (κ3) is 4.67. The summed E-state index contributed by atoms with van der Waals surface area (Å²) < 4.78 is 54.5. The molecule has 0 bridgehead atoms. The third-order valence-corrected chi connectivity index (χ3v) is 8.84. The van der Waals surface area contributed by atoms with Crippen molar-refractivity contribution >= 4 is 27.4 Å². The molecule has 0 aliphatic heterocycles. The zero-order valence-electron chi connectivity index (χ0n) is 16.3. The van der Waals surface area contributed by atoms with Crippen molar-refractivity contribution in [3.63, 3.8) is 0 Å². The average Bonchev–Trinajstić information content (AvgIpc) is 2.88. The molecule has 0 atom stereocenters. The first-order chi connectivity index (χ1) is 14.1. The fraction of sp³-hybridized carbons (Fsp3) is 0.409. The smallest absolute Gasteiger partial charge is 0.303 e. The van der Waals surface area contributed by atoms with E-state index in [2.05, 4.69) is 0 Å². The van der Waals surface area contributed by atoms with Gasteiger partial charge < -0.3 is 5.11 Å². The fourth-order valence-electron chi connectivity index (χ4n) is 4.33. The first-order valence-electron chi connectivity index (χ1n) is 9.79. The third-order valence-electron chi connectivity index (χ3n) is 6.00. The Morgan fingerprint density at radius 1 is 1.13 bits per heavy atom. The van der Waals surface area contributed by atoms with Crippen LogP contribution >= 0.6 is 11.6 Å². The summed E-state index contributed by atoms with van der Waals surface area (Å²) in [4.78, 5) is 10.9. The van der Waals surface area contributed by atoms with Gasteiger partial charge >= 0.3 is 5.97 Å². The maximum Gasteiger partial charge on any atom is 0.303 e. The second kappa shape index (κ2) is 9.02. The Balaban J connectivity index is 2.02. The van der Waals surface area contributed by atoms with Crippen molar-refractivity contribution in [3.05, 3.63) is 64.7 Å². The second-order valence-corrected chi connectivity index (χ2v) is 10.5. The van der Waals surface area contributed by atoms with Crippen molar-refractivity contribution in [1.82, 2.24) is 0 Å². The van der Waals surface area contributed by atoms with Crippen molar-refractivity contribution in [3.8, 4) is 0 Å². The molecule has 8 heteroatoms. The SMILES string of the molecule is O=C(O)CCC1CCC(C2=CC(F)=CC=C(F)C2)(S(=O)(=O)c2ccc(Cl)cc2)CC1. The number of halogens is 3. The Hall–Kier alpha value is -1.99. The van der Waals surface area contributed by atoms with E-state index in [0.29, 0.717) is 24.3 Å². The Kier molecular flexibility index (Phi) is 6.82. The lowest BCUT2D eigenvalue weighted by Crippen LogP contribution is -2.44. The predicted molar refractivity (Wildman–Crippen MR) is 111 cm³/mol. The number of carbonyl (C=O) groups is 1. The van der Waals surface area contributed by atoms with Crippen LogP contribution in [0.5, 0.6) is 0 Å². The van der Waals surface area contributed by atoms with Crippen LogP contribution in [0.2, 0.25) is 5.02 Å². The Bertz CT molecular complexity index is 1000. The quantitative estimate of drug-likeness (QED) is 0.574. The largest absolute Gasteiger partial charge is 0.481 e. The summed E-state index contributed by atoms with van der Waals surface area (Å²) in [5, 5.41) is 9.32. The number of hydrogen-bond acceptors (Lipinski definition) is 3. The first kappa shape index (κ1) is 22.7. The molecule has 0 radical (unpaired) electrons. The molecule has 1 aromatic rings. The van der Waals surface area contributed by atoms with Crippen molar-refractivity contribution < 1.29 is 27.1 Å². The summed E-state index contributed by atoms with van der Waals surface area (Å²) in [5.41, 5.74) is 0.189. The molecule has 1 fully saturated rings. The lowest BCUT2D eigenvalue weighted by molar-refractivity contribution is -0.137. The van der Waals surface area contributed by atoms with Crippen LogP contribution in [0.25, 0.3) is 0 Å². The molecular weight excluding hydrogens is 434 g/mol. The lowest BCUT2D eigenvalue weighted by Gasteiger charge is -2.41. The Morgan fingerprint density at radius 3 is 2.37 bits per heavy atom. The lowest BCUT2D eigenvalue weighted by atomic mass is 9.75. The molecule has 0 saturated heterocycles. The molecule has 1 aromatic carbocycles. The minimum absolute atomic E-state index is 0.0129. The summed E-state index contributed by atoms with van der Waals surface area (Å²) in [6.07, 6.45) is 4.60. The second-order valence-electron chi connectivity index (χ2n) is 7.84. The standard InChI is InChI=1S/C22H23ClF2O4S/c23-17-2-6-20(7-3-17)30(28,29)22(16-13-18(24)4-5-19(25)14-16)11-9-15(10-12-22)1-8-21(26)27/h2-7,13,15H,1,8-12,14H2,(H,26,27).